The molecule has 2 aliphatic rings. The average Bonchev–Trinajstić information content (AvgIpc) is 2.78. The molecule has 30 heavy (non-hydrogen) atoms. The van der Waals surface area contributed by atoms with Crippen molar-refractivity contribution in [2.45, 2.75) is 90.9 Å². The molecule has 0 aliphatic heterocycles. The molecule has 0 N–H and O–H groups in total. The quantitative estimate of drug-likeness (QED) is 0.436. The molecule has 2 saturated carbocycles. The second-order valence-corrected chi connectivity index (χ2v) is 10.6. The van der Waals surface area contributed by atoms with Gasteiger partial charge in [-0.15, -0.1) is 0 Å². The van der Waals surface area contributed by atoms with Gasteiger partial charge in [-0.3, -0.25) is 0 Å². The molecule has 0 spiro atoms. The maximum absolute atomic E-state index is 2.37. The first-order valence-electron chi connectivity index (χ1n) is 12.8. The van der Waals surface area contributed by atoms with Gasteiger partial charge >= 0.3 is 0 Å². The van der Waals surface area contributed by atoms with Crippen LogP contribution in [0, 0.1) is 30.6 Å². The highest BCUT2D eigenvalue weighted by molar-refractivity contribution is 5.23. The van der Waals surface area contributed by atoms with E-state index in [1.807, 2.05) is 0 Å². The predicted molar refractivity (Wildman–Crippen MR) is 130 cm³/mol. The molecule has 0 unspecified atom stereocenters. The van der Waals surface area contributed by atoms with Gasteiger partial charge in [0.1, 0.15) is 0 Å². The van der Waals surface area contributed by atoms with Crippen LogP contribution in [0.2, 0.25) is 0 Å². The first kappa shape index (κ1) is 21.7. The van der Waals surface area contributed by atoms with Crippen LogP contribution in [0.3, 0.4) is 0 Å². The predicted octanol–water partition coefficient (Wildman–Crippen LogP) is 8.35. The van der Waals surface area contributed by atoms with Gasteiger partial charge in [0.2, 0.25) is 0 Å². The molecule has 2 fully saturated rings. The lowest BCUT2D eigenvalue weighted by Crippen LogP contribution is -2.22. The lowest BCUT2D eigenvalue weighted by atomic mass is 9.72. The highest BCUT2D eigenvalue weighted by Crippen LogP contribution is 2.39. The maximum atomic E-state index is 2.37. The molecular weight excluding hydrogens is 360 g/mol. The largest absolute Gasteiger partial charge is 0.0613 e. The van der Waals surface area contributed by atoms with E-state index in [9.17, 15) is 0 Å². The Bertz CT molecular complexity index is 738. The molecule has 4 rings (SSSR count). The van der Waals surface area contributed by atoms with Crippen LogP contribution in [-0.2, 0) is 19.3 Å². The van der Waals surface area contributed by atoms with Crippen molar-refractivity contribution in [3.8, 4) is 0 Å². The molecule has 2 aliphatic carbocycles. The Hall–Kier alpha value is -1.56. The summed E-state index contributed by atoms with van der Waals surface area (Å²) in [5, 5.41) is 0. The molecule has 0 radical (unpaired) electrons. The Morgan fingerprint density at radius 2 is 0.900 bits per heavy atom. The minimum Gasteiger partial charge on any atom is -0.0613 e. The number of hydrogen-bond acceptors (Lipinski definition) is 0. The molecule has 162 valence electrons. The van der Waals surface area contributed by atoms with Gasteiger partial charge in [-0.1, -0.05) is 86.7 Å². The number of hydrogen-bond donors (Lipinski definition) is 0. The molecule has 0 amide bonds. The van der Waals surface area contributed by atoms with Gasteiger partial charge in [-0.2, -0.15) is 0 Å². The van der Waals surface area contributed by atoms with E-state index in [4.69, 9.17) is 0 Å². The van der Waals surface area contributed by atoms with Crippen molar-refractivity contribution in [2.24, 2.45) is 23.7 Å². The molecule has 2 aromatic carbocycles. The van der Waals surface area contributed by atoms with E-state index in [-0.39, 0.29) is 0 Å². The zero-order chi connectivity index (χ0) is 20.8. The summed E-state index contributed by atoms with van der Waals surface area (Å²) in [6.07, 6.45) is 17.1. The van der Waals surface area contributed by atoms with Crippen molar-refractivity contribution in [1.82, 2.24) is 0 Å². The summed E-state index contributed by atoms with van der Waals surface area (Å²) >= 11 is 0. The Labute approximate surface area is 185 Å². The minimum absolute atomic E-state index is 0.929. The smallest absolute Gasteiger partial charge is 0.0250 e. The molecule has 0 aromatic heterocycles. The topological polar surface area (TPSA) is 0 Å². The van der Waals surface area contributed by atoms with Gasteiger partial charge < -0.3 is 0 Å². The summed E-state index contributed by atoms with van der Waals surface area (Å²) in [5.41, 5.74) is 5.96. The summed E-state index contributed by atoms with van der Waals surface area (Å²) in [6.45, 7) is 4.43. The second kappa shape index (κ2) is 10.7. The van der Waals surface area contributed by atoms with Crippen LogP contribution in [0.1, 0.15) is 87.0 Å². The maximum Gasteiger partial charge on any atom is -0.0250 e. The number of aryl methyl sites for hydroxylation is 2. The van der Waals surface area contributed by atoms with Gasteiger partial charge in [0, 0.05) is 0 Å². The van der Waals surface area contributed by atoms with Gasteiger partial charge in [0.05, 0.1) is 0 Å². The molecule has 0 heteroatoms. The van der Waals surface area contributed by atoms with Crippen molar-refractivity contribution in [3.05, 3.63) is 70.8 Å². The molecule has 2 aromatic rings. The molecule has 0 saturated heterocycles. The van der Waals surface area contributed by atoms with Crippen LogP contribution in [-0.4, -0.2) is 0 Å². The fourth-order valence-corrected chi connectivity index (χ4v) is 6.12. The Morgan fingerprint density at radius 3 is 1.33 bits per heavy atom. The molecular formula is C30H42. The third-order valence-corrected chi connectivity index (χ3v) is 8.20. The number of benzene rings is 2. The van der Waals surface area contributed by atoms with Crippen LogP contribution in [0.15, 0.2) is 48.5 Å². The standard InChI is InChI=1S/C30H42/c1-3-24-8-10-26(11-9-24)21-28-16-18-30(19-17-28)22-29-14-12-27(13-15-29)20-25-6-4-23(2)5-7-25/h4-11,27-30H,3,12-22H2,1-2H3. The Balaban J connectivity index is 1.14. The van der Waals surface area contributed by atoms with Crippen LogP contribution in [0.25, 0.3) is 0 Å². The Morgan fingerprint density at radius 1 is 0.533 bits per heavy atom. The summed E-state index contributed by atoms with van der Waals surface area (Å²) in [6, 6.07) is 18.7. The van der Waals surface area contributed by atoms with E-state index >= 15 is 0 Å². The van der Waals surface area contributed by atoms with Crippen molar-refractivity contribution < 1.29 is 0 Å². The second-order valence-electron chi connectivity index (χ2n) is 10.6. The summed E-state index contributed by atoms with van der Waals surface area (Å²) in [5.74, 6) is 3.89. The van der Waals surface area contributed by atoms with Crippen molar-refractivity contribution in [2.75, 3.05) is 0 Å². The van der Waals surface area contributed by atoms with Crippen LogP contribution in [0.5, 0.6) is 0 Å². The minimum atomic E-state index is 0.929. The van der Waals surface area contributed by atoms with E-state index in [1.165, 1.54) is 81.8 Å². The first-order chi connectivity index (χ1) is 14.7. The normalized spacial score (nSPS) is 27.1. The van der Waals surface area contributed by atoms with Crippen molar-refractivity contribution in [3.63, 3.8) is 0 Å². The van der Waals surface area contributed by atoms with Crippen molar-refractivity contribution >= 4 is 0 Å². The summed E-state index contributed by atoms with van der Waals surface area (Å²) in [7, 11) is 0. The van der Waals surface area contributed by atoms with E-state index in [0.717, 1.165) is 30.1 Å². The summed E-state index contributed by atoms with van der Waals surface area (Å²) < 4.78 is 0. The number of rotatable bonds is 7. The molecule has 0 nitrogen and oxygen atoms in total. The third-order valence-electron chi connectivity index (χ3n) is 8.20. The lowest BCUT2D eigenvalue weighted by Gasteiger charge is -2.34. The van der Waals surface area contributed by atoms with Gasteiger partial charge in [0.15, 0.2) is 0 Å². The van der Waals surface area contributed by atoms with Gasteiger partial charge in [0.25, 0.3) is 0 Å². The third kappa shape index (κ3) is 6.22. The lowest BCUT2D eigenvalue weighted by molar-refractivity contribution is 0.191. The van der Waals surface area contributed by atoms with Crippen LogP contribution >= 0.6 is 0 Å². The fraction of sp³-hybridized carbons (Fsp3) is 0.600. The SMILES string of the molecule is CCc1ccc(CC2CCC(CC3CCC(Cc4ccc(C)cc4)CC3)CC2)cc1. The monoisotopic (exact) mass is 402 g/mol. The van der Waals surface area contributed by atoms with Crippen molar-refractivity contribution in [1.29, 1.82) is 0 Å². The molecule has 0 heterocycles. The zero-order valence-electron chi connectivity index (χ0n) is 19.4. The van der Waals surface area contributed by atoms with E-state index in [0.29, 0.717) is 0 Å². The first-order valence-corrected chi connectivity index (χ1v) is 12.8. The van der Waals surface area contributed by atoms with Gasteiger partial charge in [-0.05, 0) is 98.7 Å². The summed E-state index contributed by atoms with van der Waals surface area (Å²) in [4.78, 5) is 0. The highest BCUT2D eigenvalue weighted by atomic mass is 14.3. The van der Waals surface area contributed by atoms with E-state index in [1.54, 1.807) is 11.1 Å². The van der Waals surface area contributed by atoms with Crippen LogP contribution in [0.4, 0.5) is 0 Å². The van der Waals surface area contributed by atoms with Gasteiger partial charge in [-0.25, -0.2) is 0 Å². The highest BCUT2D eigenvalue weighted by Gasteiger charge is 2.27. The van der Waals surface area contributed by atoms with Crippen LogP contribution < -0.4 is 0 Å². The fourth-order valence-electron chi connectivity index (χ4n) is 6.12. The van der Waals surface area contributed by atoms with E-state index < -0.39 is 0 Å². The molecule has 0 bridgehead atoms. The zero-order valence-corrected chi connectivity index (χ0v) is 19.4. The average molecular weight is 403 g/mol. The Kier molecular flexibility index (Phi) is 7.69. The molecule has 0 atom stereocenters. The van der Waals surface area contributed by atoms with E-state index in [2.05, 4.69) is 62.4 Å².